The van der Waals surface area contributed by atoms with Gasteiger partial charge >= 0.3 is 0 Å². The maximum absolute atomic E-state index is 12.2. The summed E-state index contributed by atoms with van der Waals surface area (Å²) in [6, 6.07) is 5.26. The van der Waals surface area contributed by atoms with Crippen LogP contribution in [0.2, 0.25) is 5.02 Å². The molecule has 0 radical (unpaired) electrons. The minimum Gasteiger partial charge on any atom is -0.495 e. The fourth-order valence-electron chi connectivity index (χ4n) is 2.98. The number of carbonyl (C=O) groups excluding carboxylic acids is 1. The van der Waals surface area contributed by atoms with Gasteiger partial charge in [-0.3, -0.25) is 4.79 Å². The van der Waals surface area contributed by atoms with Crippen molar-refractivity contribution in [2.75, 3.05) is 52.3 Å². The Morgan fingerprint density at radius 1 is 1.33 bits per heavy atom. The van der Waals surface area contributed by atoms with Crippen LogP contribution < -0.4 is 20.7 Å². The first-order chi connectivity index (χ1) is 11.6. The summed E-state index contributed by atoms with van der Waals surface area (Å²) in [5, 5.41) is 10.0. The van der Waals surface area contributed by atoms with Crippen molar-refractivity contribution in [3.05, 3.63) is 23.2 Å². The molecule has 1 heterocycles. The molecule has 6 nitrogen and oxygen atoms in total. The standard InChI is InChI=1S/C17H26ClN3O3/c1-23-12-17(5-7-19-8-6-17)11-21-16(22)10-20-14-9-13(18)3-4-15(14)24-2/h3-4,9,19-20H,5-8,10-12H2,1-2H3,(H,21,22). The van der Waals surface area contributed by atoms with Gasteiger partial charge in [-0.25, -0.2) is 0 Å². The van der Waals surface area contributed by atoms with Crippen molar-refractivity contribution >= 4 is 23.2 Å². The van der Waals surface area contributed by atoms with E-state index in [9.17, 15) is 4.79 Å². The third kappa shape index (κ3) is 5.26. The summed E-state index contributed by atoms with van der Waals surface area (Å²) in [6.07, 6.45) is 1.99. The molecule has 24 heavy (non-hydrogen) atoms. The Hall–Kier alpha value is -1.50. The maximum atomic E-state index is 12.2. The summed E-state index contributed by atoms with van der Waals surface area (Å²) in [5.41, 5.74) is 0.720. The molecule has 134 valence electrons. The molecule has 1 amide bonds. The number of hydrogen-bond donors (Lipinski definition) is 3. The van der Waals surface area contributed by atoms with Crippen molar-refractivity contribution in [3.8, 4) is 5.75 Å². The van der Waals surface area contributed by atoms with Gasteiger partial charge in [-0.05, 0) is 44.1 Å². The van der Waals surface area contributed by atoms with Crippen molar-refractivity contribution < 1.29 is 14.3 Å². The van der Waals surface area contributed by atoms with Crippen LogP contribution in [0, 0.1) is 5.41 Å². The average molecular weight is 356 g/mol. The molecule has 0 aromatic heterocycles. The molecule has 0 atom stereocenters. The van der Waals surface area contributed by atoms with E-state index in [2.05, 4.69) is 16.0 Å². The minimum absolute atomic E-state index is 0.0173. The molecular weight excluding hydrogens is 330 g/mol. The Kier molecular flexibility index (Phi) is 7.15. The molecule has 1 aromatic rings. The number of piperidine rings is 1. The highest BCUT2D eigenvalue weighted by atomic mass is 35.5. The molecular formula is C17H26ClN3O3. The molecule has 0 saturated carbocycles. The fraction of sp³-hybridized carbons (Fsp3) is 0.588. The van der Waals surface area contributed by atoms with E-state index in [4.69, 9.17) is 21.1 Å². The molecule has 1 saturated heterocycles. The van der Waals surface area contributed by atoms with Gasteiger partial charge in [0.25, 0.3) is 0 Å². The summed E-state index contributed by atoms with van der Waals surface area (Å²) >= 11 is 5.99. The number of amides is 1. The van der Waals surface area contributed by atoms with E-state index in [0.717, 1.165) is 25.9 Å². The first kappa shape index (κ1) is 18.8. The second kappa shape index (κ2) is 9.11. The Morgan fingerprint density at radius 2 is 2.08 bits per heavy atom. The lowest BCUT2D eigenvalue weighted by molar-refractivity contribution is -0.120. The number of benzene rings is 1. The van der Waals surface area contributed by atoms with Gasteiger partial charge in [0.15, 0.2) is 0 Å². The molecule has 0 bridgehead atoms. The lowest BCUT2D eigenvalue weighted by Crippen LogP contribution is -2.48. The van der Waals surface area contributed by atoms with Crippen molar-refractivity contribution in [1.29, 1.82) is 0 Å². The van der Waals surface area contributed by atoms with Crippen LogP contribution in [0.15, 0.2) is 18.2 Å². The number of carbonyl (C=O) groups is 1. The van der Waals surface area contributed by atoms with E-state index < -0.39 is 0 Å². The number of methoxy groups -OCH3 is 2. The number of nitrogens with one attached hydrogen (secondary N) is 3. The molecule has 0 unspecified atom stereocenters. The normalized spacial score (nSPS) is 16.5. The van der Waals surface area contributed by atoms with Crippen molar-refractivity contribution in [2.45, 2.75) is 12.8 Å². The van der Waals surface area contributed by atoms with Crippen LogP contribution in [0.25, 0.3) is 0 Å². The number of rotatable bonds is 8. The van der Waals surface area contributed by atoms with E-state index >= 15 is 0 Å². The largest absolute Gasteiger partial charge is 0.495 e. The van der Waals surface area contributed by atoms with Gasteiger partial charge in [-0.2, -0.15) is 0 Å². The molecule has 1 aromatic carbocycles. The molecule has 7 heteroatoms. The summed E-state index contributed by atoms with van der Waals surface area (Å²) in [6.45, 7) is 3.35. The Labute approximate surface area is 148 Å². The second-order valence-electron chi connectivity index (χ2n) is 6.16. The third-order valence-electron chi connectivity index (χ3n) is 4.38. The Balaban J connectivity index is 1.85. The summed E-state index contributed by atoms with van der Waals surface area (Å²) in [4.78, 5) is 12.2. The Morgan fingerprint density at radius 3 is 2.75 bits per heavy atom. The zero-order chi connectivity index (χ0) is 17.4. The van der Waals surface area contributed by atoms with Crippen molar-refractivity contribution in [1.82, 2.24) is 10.6 Å². The first-order valence-corrected chi connectivity index (χ1v) is 8.50. The number of hydrogen-bond acceptors (Lipinski definition) is 5. The molecule has 1 fully saturated rings. The van der Waals surface area contributed by atoms with Crippen LogP contribution in [0.1, 0.15) is 12.8 Å². The van der Waals surface area contributed by atoms with E-state index in [1.165, 1.54) is 0 Å². The van der Waals surface area contributed by atoms with Crippen LogP contribution in [0.4, 0.5) is 5.69 Å². The lowest BCUT2D eigenvalue weighted by Gasteiger charge is -2.37. The smallest absolute Gasteiger partial charge is 0.239 e. The van der Waals surface area contributed by atoms with Gasteiger partial charge in [0, 0.05) is 24.1 Å². The van der Waals surface area contributed by atoms with Gasteiger partial charge in [0.1, 0.15) is 5.75 Å². The van der Waals surface area contributed by atoms with Gasteiger partial charge in [-0.15, -0.1) is 0 Å². The molecule has 2 rings (SSSR count). The van der Waals surface area contributed by atoms with E-state index in [1.807, 2.05) is 0 Å². The van der Waals surface area contributed by atoms with Gasteiger partial charge in [0.2, 0.25) is 5.91 Å². The topological polar surface area (TPSA) is 71.6 Å². The van der Waals surface area contributed by atoms with E-state index in [0.29, 0.717) is 29.6 Å². The van der Waals surface area contributed by atoms with Crippen LogP contribution in [-0.4, -0.2) is 52.9 Å². The summed E-state index contributed by atoms with van der Waals surface area (Å²) < 4.78 is 10.6. The van der Waals surface area contributed by atoms with Crippen molar-refractivity contribution in [2.24, 2.45) is 5.41 Å². The zero-order valence-corrected chi connectivity index (χ0v) is 15.0. The highest BCUT2D eigenvalue weighted by molar-refractivity contribution is 6.30. The summed E-state index contributed by atoms with van der Waals surface area (Å²) in [5.74, 6) is 0.590. The highest BCUT2D eigenvalue weighted by Gasteiger charge is 2.32. The summed E-state index contributed by atoms with van der Waals surface area (Å²) in [7, 11) is 3.29. The highest BCUT2D eigenvalue weighted by Crippen LogP contribution is 2.29. The monoisotopic (exact) mass is 355 g/mol. The number of halogens is 1. The second-order valence-corrected chi connectivity index (χ2v) is 6.59. The van der Waals surface area contributed by atoms with Gasteiger partial charge < -0.3 is 25.4 Å². The van der Waals surface area contributed by atoms with E-state index in [-0.39, 0.29) is 17.9 Å². The third-order valence-corrected chi connectivity index (χ3v) is 4.61. The number of anilines is 1. The predicted octanol–water partition coefficient (Wildman–Crippen LogP) is 1.89. The Bertz CT molecular complexity index is 542. The molecule has 0 spiro atoms. The zero-order valence-electron chi connectivity index (χ0n) is 14.3. The molecule has 1 aliphatic heterocycles. The van der Waals surface area contributed by atoms with Crippen LogP contribution in [-0.2, 0) is 9.53 Å². The minimum atomic E-state index is -0.0639. The SMILES string of the molecule is COCC1(CNC(=O)CNc2cc(Cl)ccc2OC)CCNCC1. The van der Waals surface area contributed by atoms with Crippen LogP contribution >= 0.6 is 11.6 Å². The van der Waals surface area contributed by atoms with Gasteiger partial charge in [0.05, 0.1) is 25.9 Å². The fourth-order valence-corrected chi connectivity index (χ4v) is 3.15. The lowest BCUT2D eigenvalue weighted by atomic mass is 9.79. The first-order valence-electron chi connectivity index (χ1n) is 8.12. The average Bonchev–Trinajstić information content (AvgIpc) is 2.59. The quantitative estimate of drug-likeness (QED) is 0.664. The van der Waals surface area contributed by atoms with E-state index in [1.54, 1.807) is 32.4 Å². The molecule has 3 N–H and O–H groups in total. The van der Waals surface area contributed by atoms with Crippen LogP contribution in [0.3, 0.4) is 0 Å². The van der Waals surface area contributed by atoms with Crippen LogP contribution in [0.5, 0.6) is 5.75 Å². The van der Waals surface area contributed by atoms with Gasteiger partial charge in [-0.1, -0.05) is 11.6 Å². The maximum Gasteiger partial charge on any atom is 0.239 e. The van der Waals surface area contributed by atoms with Crippen molar-refractivity contribution in [3.63, 3.8) is 0 Å². The predicted molar refractivity (Wildman–Crippen MR) is 95.9 cm³/mol. The number of ether oxygens (including phenoxy) is 2. The molecule has 0 aliphatic carbocycles. The molecule has 1 aliphatic rings.